The highest BCUT2D eigenvalue weighted by Gasteiger charge is 2.48. The van der Waals surface area contributed by atoms with Crippen molar-refractivity contribution in [3.63, 3.8) is 0 Å². The Morgan fingerprint density at radius 2 is 1.67 bits per heavy atom. The number of aliphatic hydroxyl groups is 1. The third kappa shape index (κ3) is 2.37. The molecule has 96 valence electrons. The normalized spacial score (nSPS) is 15.6. The first kappa shape index (κ1) is 14.2. The zero-order valence-corrected chi connectivity index (χ0v) is 10.2. The zero-order chi connectivity index (χ0) is 13.9. The molecule has 2 atom stereocenters. The number of aliphatic hydroxyl groups excluding tert-OH is 1. The summed E-state index contributed by atoms with van der Waals surface area (Å²) in [5.41, 5.74) is 3.64. The summed E-state index contributed by atoms with van der Waals surface area (Å²) in [5, 5.41) is 9.73. The number of nitrogens with two attached hydrogens (primary N) is 1. The standard InChI is InChI=1S/C13H15NO4/c1-8(15)11(17)13(14,9(2)16)12(18)10-6-4-3-5-7-10/h3-7,11,17H,14H2,1-2H3. The van der Waals surface area contributed by atoms with E-state index in [4.69, 9.17) is 5.73 Å². The molecule has 0 amide bonds. The lowest BCUT2D eigenvalue weighted by Crippen LogP contribution is -2.64. The molecule has 5 nitrogen and oxygen atoms in total. The molecule has 0 bridgehead atoms. The van der Waals surface area contributed by atoms with E-state index in [1.54, 1.807) is 18.2 Å². The van der Waals surface area contributed by atoms with Gasteiger partial charge >= 0.3 is 0 Å². The first-order valence-corrected chi connectivity index (χ1v) is 5.40. The second-order valence-corrected chi connectivity index (χ2v) is 4.13. The van der Waals surface area contributed by atoms with Gasteiger partial charge in [-0.25, -0.2) is 0 Å². The Labute approximate surface area is 105 Å². The maximum Gasteiger partial charge on any atom is 0.193 e. The largest absolute Gasteiger partial charge is 0.382 e. The van der Waals surface area contributed by atoms with E-state index in [9.17, 15) is 19.5 Å². The Kier molecular flexibility index (Phi) is 4.11. The molecule has 2 unspecified atom stereocenters. The molecule has 0 saturated carbocycles. The first-order valence-electron chi connectivity index (χ1n) is 5.40. The molecule has 1 rings (SSSR count). The number of ketones is 3. The highest BCUT2D eigenvalue weighted by molar-refractivity contribution is 6.20. The van der Waals surface area contributed by atoms with Crippen LogP contribution in [0.2, 0.25) is 0 Å². The summed E-state index contributed by atoms with van der Waals surface area (Å²) < 4.78 is 0. The number of rotatable bonds is 5. The van der Waals surface area contributed by atoms with Gasteiger partial charge in [0.2, 0.25) is 0 Å². The van der Waals surface area contributed by atoms with Gasteiger partial charge in [-0.3, -0.25) is 14.4 Å². The van der Waals surface area contributed by atoms with Crippen molar-refractivity contribution in [1.82, 2.24) is 0 Å². The molecule has 18 heavy (non-hydrogen) atoms. The van der Waals surface area contributed by atoms with Crippen molar-refractivity contribution in [2.24, 2.45) is 5.73 Å². The highest BCUT2D eigenvalue weighted by atomic mass is 16.3. The Hall–Kier alpha value is -1.85. The molecule has 0 spiro atoms. The molecule has 0 aliphatic carbocycles. The molecular formula is C13H15NO4. The second kappa shape index (κ2) is 5.20. The van der Waals surface area contributed by atoms with Gasteiger partial charge in [0, 0.05) is 5.56 Å². The van der Waals surface area contributed by atoms with Crippen LogP contribution >= 0.6 is 0 Å². The molecule has 0 aromatic heterocycles. The smallest absolute Gasteiger partial charge is 0.193 e. The fourth-order valence-corrected chi connectivity index (χ4v) is 1.63. The summed E-state index contributed by atoms with van der Waals surface area (Å²) in [6, 6.07) is 7.85. The maximum atomic E-state index is 12.2. The van der Waals surface area contributed by atoms with Crippen molar-refractivity contribution in [2.45, 2.75) is 25.5 Å². The highest BCUT2D eigenvalue weighted by Crippen LogP contribution is 2.17. The van der Waals surface area contributed by atoms with Crippen LogP contribution < -0.4 is 5.73 Å². The average molecular weight is 249 g/mol. The Balaban J connectivity index is 3.26. The van der Waals surface area contributed by atoms with E-state index in [1.165, 1.54) is 12.1 Å². The van der Waals surface area contributed by atoms with Crippen molar-refractivity contribution in [3.05, 3.63) is 35.9 Å². The Morgan fingerprint density at radius 1 is 1.17 bits per heavy atom. The van der Waals surface area contributed by atoms with Gasteiger partial charge < -0.3 is 10.8 Å². The van der Waals surface area contributed by atoms with Gasteiger partial charge in [-0.15, -0.1) is 0 Å². The predicted molar refractivity (Wildman–Crippen MR) is 65.1 cm³/mol. The van der Waals surface area contributed by atoms with Crippen LogP contribution in [0.25, 0.3) is 0 Å². The van der Waals surface area contributed by atoms with Gasteiger partial charge in [0.05, 0.1) is 0 Å². The monoisotopic (exact) mass is 249 g/mol. The molecule has 0 radical (unpaired) electrons. The van der Waals surface area contributed by atoms with E-state index < -0.39 is 29.0 Å². The van der Waals surface area contributed by atoms with Crippen molar-refractivity contribution < 1.29 is 19.5 Å². The number of hydrogen-bond acceptors (Lipinski definition) is 5. The molecule has 1 aromatic rings. The van der Waals surface area contributed by atoms with Crippen LogP contribution in [0.4, 0.5) is 0 Å². The van der Waals surface area contributed by atoms with Crippen molar-refractivity contribution in [3.8, 4) is 0 Å². The minimum absolute atomic E-state index is 0.176. The minimum Gasteiger partial charge on any atom is -0.382 e. The van der Waals surface area contributed by atoms with Gasteiger partial charge in [-0.05, 0) is 13.8 Å². The molecule has 0 aliphatic rings. The summed E-state index contributed by atoms with van der Waals surface area (Å²) in [5.74, 6) is -2.24. The lowest BCUT2D eigenvalue weighted by Gasteiger charge is -2.28. The summed E-state index contributed by atoms with van der Waals surface area (Å²) in [7, 11) is 0. The zero-order valence-electron chi connectivity index (χ0n) is 10.2. The Morgan fingerprint density at radius 3 is 2.06 bits per heavy atom. The lowest BCUT2D eigenvalue weighted by atomic mass is 9.80. The van der Waals surface area contributed by atoms with Crippen LogP contribution in [0.3, 0.4) is 0 Å². The van der Waals surface area contributed by atoms with Crippen LogP contribution in [-0.2, 0) is 9.59 Å². The van der Waals surface area contributed by atoms with Crippen LogP contribution in [0.5, 0.6) is 0 Å². The van der Waals surface area contributed by atoms with Gasteiger partial charge in [0.15, 0.2) is 22.9 Å². The van der Waals surface area contributed by atoms with Gasteiger partial charge in [-0.1, -0.05) is 30.3 Å². The van der Waals surface area contributed by atoms with E-state index in [0.717, 1.165) is 13.8 Å². The summed E-state index contributed by atoms with van der Waals surface area (Å²) >= 11 is 0. The molecule has 0 saturated heterocycles. The van der Waals surface area contributed by atoms with Gasteiger partial charge in [0.1, 0.15) is 6.10 Å². The molecule has 0 aliphatic heterocycles. The molecule has 5 heteroatoms. The SMILES string of the molecule is CC(=O)C(O)C(N)(C(C)=O)C(=O)c1ccccc1. The number of benzene rings is 1. The second-order valence-electron chi connectivity index (χ2n) is 4.13. The molecule has 1 aromatic carbocycles. The predicted octanol–water partition coefficient (Wildman–Crippen LogP) is 0.106. The molecule has 3 N–H and O–H groups in total. The lowest BCUT2D eigenvalue weighted by molar-refractivity contribution is -0.134. The number of carbonyl (C=O) groups excluding carboxylic acids is 3. The van der Waals surface area contributed by atoms with Crippen molar-refractivity contribution >= 4 is 17.3 Å². The average Bonchev–Trinajstić information content (AvgIpc) is 2.36. The van der Waals surface area contributed by atoms with Gasteiger partial charge in [-0.2, -0.15) is 0 Å². The third-order valence-corrected chi connectivity index (χ3v) is 2.81. The summed E-state index contributed by atoms with van der Waals surface area (Å²) in [4.78, 5) is 35.0. The van der Waals surface area contributed by atoms with Crippen LogP contribution in [0.15, 0.2) is 30.3 Å². The fourth-order valence-electron chi connectivity index (χ4n) is 1.63. The summed E-state index contributed by atoms with van der Waals surface area (Å²) in [6.45, 7) is 2.15. The van der Waals surface area contributed by atoms with Gasteiger partial charge in [0.25, 0.3) is 0 Å². The Bertz CT molecular complexity index is 483. The number of carbonyl (C=O) groups is 3. The number of Topliss-reactive ketones (excluding diaryl/α,β-unsaturated/α-hetero) is 3. The maximum absolute atomic E-state index is 12.2. The van der Waals surface area contributed by atoms with Crippen LogP contribution in [0, 0.1) is 0 Å². The summed E-state index contributed by atoms with van der Waals surface area (Å²) in [6.07, 6.45) is -1.84. The molecular weight excluding hydrogens is 234 g/mol. The molecule has 0 heterocycles. The van der Waals surface area contributed by atoms with E-state index >= 15 is 0 Å². The van der Waals surface area contributed by atoms with E-state index in [0.29, 0.717) is 0 Å². The molecule has 0 fully saturated rings. The van der Waals surface area contributed by atoms with E-state index in [-0.39, 0.29) is 5.56 Å². The topological polar surface area (TPSA) is 97.5 Å². The fraction of sp³-hybridized carbons (Fsp3) is 0.308. The van der Waals surface area contributed by atoms with Crippen molar-refractivity contribution in [2.75, 3.05) is 0 Å². The quantitative estimate of drug-likeness (QED) is 0.570. The number of hydrogen-bond donors (Lipinski definition) is 2. The van der Waals surface area contributed by atoms with E-state index in [1.807, 2.05) is 0 Å². The van der Waals surface area contributed by atoms with E-state index in [2.05, 4.69) is 0 Å². The first-order chi connectivity index (χ1) is 8.31. The van der Waals surface area contributed by atoms with Crippen LogP contribution in [0.1, 0.15) is 24.2 Å². The third-order valence-electron chi connectivity index (χ3n) is 2.81. The van der Waals surface area contributed by atoms with Crippen LogP contribution in [-0.4, -0.2) is 34.1 Å². The van der Waals surface area contributed by atoms with Crippen molar-refractivity contribution in [1.29, 1.82) is 0 Å². The minimum atomic E-state index is -2.23.